The van der Waals surface area contributed by atoms with Gasteiger partial charge in [0.1, 0.15) is 0 Å². The maximum Gasteiger partial charge on any atom is 0.242 e. The van der Waals surface area contributed by atoms with Crippen LogP contribution in [0.3, 0.4) is 0 Å². The van der Waals surface area contributed by atoms with Crippen LogP contribution in [-0.4, -0.2) is 38.5 Å². The molecule has 0 fully saturated rings. The van der Waals surface area contributed by atoms with Crippen LogP contribution in [0.2, 0.25) is 0 Å². The molecule has 0 aliphatic rings. The number of hydrogen-bond donors (Lipinski definition) is 1. The summed E-state index contributed by atoms with van der Waals surface area (Å²) in [7, 11) is -0.561. The van der Waals surface area contributed by atoms with Gasteiger partial charge in [-0.25, -0.2) is 12.7 Å². The van der Waals surface area contributed by atoms with Crippen molar-refractivity contribution in [2.75, 3.05) is 19.8 Å². The van der Waals surface area contributed by atoms with Gasteiger partial charge in [0.2, 0.25) is 15.9 Å². The predicted molar refractivity (Wildman–Crippen MR) is 106 cm³/mol. The third kappa shape index (κ3) is 5.09. The van der Waals surface area contributed by atoms with E-state index in [4.69, 9.17) is 0 Å². The van der Waals surface area contributed by atoms with Crippen LogP contribution in [0, 0.1) is 13.8 Å². The molecule has 0 aliphatic heterocycles. The minimum atomic E-state index is -3.54. The van der Waals surface area contributed by atoms with E-state index in [9.17, 15) is 13.2 Å². The molecule has 140 valence electrons. The summed E-state index contributed by atoms with van der Waals surface area (Å²) >= 11 is 1.48. The minimum absolute atomic E-state index is 0.132. The summed E-state index contributed by atoms with van der Waals surface area (Å²) in [4.78, 5) is 13.5. The standard InChI is InChI=1S/C19H24N2O3S2/c1-14-9-10-17(15(2)11-14)25-13-19(22)20-12-16-7-5-6-8-18(16)26(23,24)21(3)4/h5-11H,12-13H2,1-4H3,(H,20,22). The molecule has 0 spiro atoms. The second-order valence-electron chi connectivity index (χ2n) is 6.23. The molecule has 1 N–H and O–H groups in total. The van der Waals surface area contributed by atoms with Crippen molar-refractivity contribution < 1.29 is 13.2 Å². The Morgan fingerprint density at radius 3 is 2.46 bits per heavy atom. The minimum Gasteiger partial charge on any atom is -0.351 e. The van der Waals surface area contributed by atoms with Gasteiger partial charge in [0.15, 0.2) is 0 Å². The first kappa shape index (κ1) is 20.5. The summed E-state index contributed by atoms with van der Waals surface area (Å²) in [6.07, 6.45) is 0. The highest BCUT2D eigenvalue weighted by molar-refractivity contribution is 8.00. The van der Waals surface area contributed by atoms with Crippen LogP contribution in [0.4, 0.5) is 0 Å². The molecule has 0 aliphatic carbocycles. The SMILES string of the molecule is Cc1ccc(SCC(=O)NCc2ccccc2S(=O)(=O)N(C)C)c(C)c1. The lowest BCUT2D eigenvalue weighted by atomic mass is 10.2. The number of carbonyl (C=O) groups excluding carboxylic acids is 1. The highest BCUT2D eigenvalue weighted by Crippen LogP contribution is 2.23. The van der Waals surface area contributed by atoms with E-state index in [1.54, 1.807) is 24.3 Å². The second-order valence-corrected chi connectivity index (χ2v) is 9.37. The lowest BCUT2D eigenvalue weighted by Crippen LogP contribution is -2.27. The molecule has 0 saturated heterocycles. The Kier molecular flexibility index (Phi) is 6.86. The van der Waals surface area contributed by atoms with Gasteiger partial charge in [-0.1, -0.05) is 35.9 Å². The van der Waals surface area contributed by atoms with E-state index in [0.717, 1.165) is 10.5 Å². The number of nitrogens with one attached hydrogen (secondary N) is 1. The molecule has 2 aromatic rings. The number of carbonyl (C=O) groups is 1. The zero-order valence-electron chi connectivity index (χ0n) is 15.4. The zero-order valence-corrected chi connectivity index (χ0v) is 17.1. The fourth-order valence-corrected chi connectivity index (χ4v) is 4.40. The average molecular weight is 393 g/mol. The Bertz CT molecular complexity index is 893. The molecule has 0 atom stereocenters. The van der Waals surface area contributed by atoms with Crippen LogP contribution in [0.1, 0.15) is 16.7 Å². The molecule has 0 radical (unpaired) electrons. The Morgan fingerprint density at radius 1 is 1.12 bits per heavy atom. The molecule has 0 heterocycles. The number of nitrogens with zero attached hydrogens (tertiary/aromatic N) is 1. The van der Waals surface area contributed by atoms with Crippen molar-refractivity contribution >= 4 is 27.7 Å². The second kappa shape index (κ2) is 8.70. The third-order valence-electron chi connectivity index (χ3n) is 3.90. The summed E-state index contributed by atoms with van der Waals surface area (Å²) in [6, 6.07) is 12.8. The summed E-state index contributed by atoms with van der Waals surface area (Å²) in [5.74, 6) is 0.152. The van der Waals surface area contributed by atoms with Gasteiger partial charge in [-0.3, -0.25) is 4.79 Å². The molecule has 2 rings (SSSR count). The van der Waals surface area contributed by atoms with Gasteiger partial charge in [-0.05, 0) is 37.1 Å². The first-order valence-corrected chi connectivity index (χ1v) is 10.6. The van der Waals surface area contributed by atoms with E-state index in [1.807, 2.05) is 26.0 Å². The van der Waals surface area contributed by atoms with Gasteiger partial charge in [0.05, 0.1) is 10.6 Å². The van der Waals surface area contributed by atoms with E-state index < -0.39 is 10.0 Å². The van der Waals surface area contributed by atoms with Gasteiger partial charge >= 0.3 is 0 Å². The van der Waals surface area contributed by atoms with Crippen LogP contribution in [-0.2, 0) is 21.4 Å². The van der Waals surface area contributed by atoms with Crippen LogP contribution in [0.25, 0.3) is 0 Å². The number of aryl methyl sites for hydroxylation is 2. The smallest absolute Gasteiger partial charge is 0.242 e. The van der Waals surface area contributed by atoms with E-state index in [2.05, 4.69) is 11.4 Å². The lowest BCUT2D eigenvalue weighted by Gasteiger charge is -2.15. The Hall–Kier alpha value is -1.83. The lowest BCUT2D eigenvalue weighted by molar-refractivity contribution is -0.118. The molecular formula is C19H24N2O3S2. The molecule has 0 unspecified atom stereocenters. The fraction of sp³-hybridized carbons (Fsp3) is 0.316. The Morgan fingerprint density at radius 2 is 1.81 bits per heavy atom. The molecule has 5 nitrogen and oxygen atoms in total. The van der Waals surface area contributed by atoms with E-state index in [1.165, 1.54) is 35.7 Å². The van der Waals surface area contributed by atoms with Crippen LogP contribution in [0.15, 0.2) is 52.3 Å². The molecule has 2 aromatic carbocycles. The molecule has 0 aromatic heterocycles. The largest absolute Gasteiger partial charge is 0.351 e. The van der Waals surface area contributed by atoms with Crippen molar-refractivity contribution in [1.82, 2.24) is 9.62 Å². The highest BCUT2D eigenvalue weighted by Gasteiger charge is 2.20. The normalized spacial score (nSPS) is 11.6. The highest BCUT2D eigenvalue weighted by atomic mass is 32.2. The third-order valence-corrected chi connectivity index (χ3v) is 6.99. The topological polar surface area (TPSA) is 66.5 Å². The molecule has 1 amide bonds. The van der Waals surface area contributed by atoms with Crippen LogP contribution < -0.4 is 5.32 Å². The Balaban J connectivity index is 2.00. The molecule has 0 saturated carbocycles. The number of rotatable bonds is 7. The number of sulfonamides is 1. The first-order valence-electron chi connectivity index (χ1n) is 8.19. The van der Waals surface area contributed by atoms with Gasteiger partial charge in [0.25, 0.3) is 0 Å². The van der Waals surface area contributed by atoms with Gasteiger partial charge in [0, 0.05) is 25.5 Å². The Labute approximate surface area is 159 Å². The van der Waals surface area contributed by atoms with Crippen molar-refractivity contribution in [3.63, 3.8) is 0 Å². The summed E-state index contributed by atoms with van der Waals surface area (Å²) in [5.41, 5.74) is 2.91. The molecule has 26 heavy (non-hydrogen) atoms. The van der Waals surface area contributed by atoms with Gasteiger partial charge in [-0.15, -0.1) is 11.8 Å². The number of thioether (sulfide) groups is 1. The monoisotopic (exact) mass is 392 g/mol. The molecular weight excluding hydrogens is 368 g/mol. The van der Waals surface area contributed by atoms with Crippen molar-refractivity contribution in [3.8, 4) is 0 Å². The van der Waals surface area contributed by atoms with Crippen LogP contribution >= 0.6 is 11.8 Å². The van der Waals surface area contributed by atoms with Crippen molar-refractivity contribution in [3.05, 3.63) is 59.2 Å². The zero-order chi connectivity index (χ0) is 19.3. The fourth-order valence-electron chi connectivity index (χ4n) is 2.45. The van der Waals surface area contributed by atoms with Crippen LogP contribution in [0.5, 0.6) is 0 Å². The number of hydrogen-bond acceptors (Lipinski definition) is 4. The van der Waals surface area contributed by atoms with Crippen molar-refractivity contribution in [2.24, 2.45) is 0 Å². The summed E-state index contributed by atoms with van der Waals surface area (Å²) in [5, 5.41) is 2.81. The number of amides is 1. The molecule has 7 heteroatoms. The first-order chi connectivity index (χ1) is 12.2. The average Bonchev–Trinajstić information content (AvgIpc) is 2.59. The van der Waals surface area contributed by atoms with E-state index >= 15 is 0 Å². The van der Waals surface area contributed by atoms with Gasteiger partial charge < -0.3 is 5.32 Å². The molecule has 0 bridgehead atoms. The predicted octanol–water partition coefficient (Wildman–Crippen LogP) is 2.96. The van der Waals surface area contributed by atoms with E-state index in [-0.39, 0.29) is 23.1 Å². The van der Waals surface area contributed by atoms with E-state index in [0.29, 0.717) is 5.56 Å². The quantitative estimate of drug-likeness (QED) is 0.736. The summed E-state index contributed by atoms with van der Waals surface area (Å²) in [6.45, 7) is 4.23. The van der Waals surface area contributed by atoms with Crippen molar-refractivity contribution in [1.29, 1.82) is 0 Å². The number of benzene rings is 2. The van der Waals surface area contributed by atoms with Gasteiger partial charge in [-0.2, -0.15) is 0 Å². The maximum absolute atomic E-state index is 12.4. The maximum atomic E-state index is 12.4. The van der Waals surface area contributed by atoms with Crippen molar-refractivity contribution in [2.45, 2.75) is 30.2 Å². The summed E-state index contributed by atoms with van der Waals surface area (Å²) < 4.78 is 25.9.